The van der Waals surface area contributed by atoms with Gasteiger partial charge in [0.2, 0.25) is 0 Å². The number of hydrogen-bond donors (Lipinski definition) is 1. The second-order valence-corrected chi connectivity index (χ2v) is 6.20. The lowest BCUT2D eigenvalue weighted by Gasteiger charge is -2.16. The van der Waals surface area contributed by atoms with E-state index in [0.717, 1.165) is 16.0 Å². The van der Waals surface area contributed by atoms with Crippen molar-refractivity contribution < 1.29 is 0 Å². The van der Waals surface area contributed by atoms with Gasteiger partial charge in [-0.05, 0) is 36.6 Å². The zero-order valence-electron chi connectivity index (χ0n) is 10.0. The van der Waals surface area contributed by atoms with Gasteiger partial charge in [-0.2, -0.15) is 0 Å². The van der Waals surface area contributed by atoms with Crippen molar-refractivity contribution in [3.8, 4) is 0 Å². The number of benzene rings is 1. The van der Waals surface area contributed by atoms with Crippen LogP contribution in [0.2, 0.25) is 5.02 Å². The highest BCUT2D eigenvalue weighted by Crippen LogP contribution is 2.21. The molecule has 1 N–H and O–H groups in total. The first kappa shape index (κ1) is 13.4. The summed E-state index contributed by atoms with van der Waals surface area (Å²) in [6.07, 6.45) is 8.19. The molecule has 1 nitrogen and oxygen atoms in total. The molecule has 0 aliphatic heterocycles. The Morgan fingerprint density at radius 3 is 2.47 bits per heavy atom. The maximum Gasteiger partial charge on any atom is 0.0420 e. The summed E-state index contributed by atoms with van der Waals surface area (Å²) in [5.74, 6) is 0. The zero-order valence-corrected chi connectivity index (χ0v) is 12.4. The molecule has 0 unspecified atom stereocenters. The lowest BCUT2D eigenvalue weighted by molar-refractivity contribution is 0.459. The Bertz CT molecular complexity index is 339. The van der Waals surface area contributed by atoms with E-state index in [1.165, 1.54) is 44.1 Å². The molecule has 0 heterocycles. The Balaban J connectivity index is 1.87. The van der Waals surface area contributed by atoms with Crippen molar-refractivity contribution in [2.75, 3.05) is 0 Å². The minimum Gasteiger partial charge on any atom is -0.310 e. The Morgan fingerprint density at radius 2 is 1.82 bits per heavy atom. The smallest absolute Gasteiger partial charge is 0.0420 e. The summed E-state index contributed by atoms with van der Waals surface area (Å²) >= 11 is 9.52. The Labute approximate surface area is 117 Å². The van der Waals surface area contributed by atoms with Gasteiger partial charge < -0.3 is 5.32 Å². The van der Waals surface area contributed by atoms with Crippen LogP contribution in [0.15, 0.2) is 22.7 Å². The minimum atomic E-state index is 0.690. The summed E-state index contributed by atoms with van der Waals surface area (Å²) in [7, 11) is 0. The van der Waals surface area contributed by atoms with Gasteiger partial charge in [-0.25, -0.2) is 0 Å². The average Bonchev–Trinajstić information content (AvgIpc) is 2.53. The number of nitrogens with one attached hydrogen (secondary N) is 1. The summed E-state index contributed by atoms with van der Waals surface area (Å²) in [5, 5.41) is 4.46. The van der Waals surface area contributed by atoms with E-state index in [2.05, 4.69) is 27.3 Å². The molecule has 3 heteroatoms. The van der Waals surface area contributed by atoms with Crippen LogP contribution in [0.4, 0.5) is 0 Å². The molecule has 0 saturated heterocycles. The van der Waals surface area contributed by atoms with E-state index >= 15 is 0 Å². The first-order valence-electron chi connectivity index (χ1n) is 6.42. The van der Waals surface area contributed by atoms with Crippen molar-refractivity contribution in [2.45, 2.75) is 51.1 Å². The molecule has 1 aliphatic carbocycles. The molecule has 1 aromatic rings. The van der Waals surface area contributed by atoms with Gasteiger partial charge >= 0.3 is 0 Å². The number of halogens is 2. The molecule has 0 bridgehead atoms. The molecule has 0 aromatic heterocycles. The molecular weight excluding hydrogens is 298 g/mol. The van der Waals surface area contributed by atoms with Crippen LogP contribution in [0.1, 0.15) is 44.1 Å². The second kappa shape index (κ2) is 6.77. The van der Waals surface area contributed by atoms with Crippen LogP contribution in [0.5, 0.6) is 0 Å². The van der Waals surface area contributed by atoms with E-state index < -0.39 is 0 Å². The molecule has 0 spiro atoms. The van der Waals surface area contributed by atoms with Crippen LogP contribution in [0.3, 0.4) is 0 Å². The SMILES string of the molecule is Clc1cc(Br)cc(CNC2CCCCCC2)c1. The summed E-state index contributed by atoms with van der Waals surface area (Å²) in [6.45, 7) is 0.920. The summed E-state index contributed by atoms with van der Waals surface area (Å²) in [6, 6.07) is 6.79. The highest BCUT2D eigenvalue weighted by molar-refractivity contribution is 9.10. The molecule has 1 aromatic carbocycles. The van der Waals surface area contributed by atoms with Gasteiger partial charge in [-0.1, -0.05) is 53.2 Å². The van der Waals surface area contributed by atoms with E-state index in [-0.39, 0.29) is 0 Å². The van der Waals surface area contributed by atoms with Crippen molar-refractivity contribution >= 4 is 27.5 Å². The van der Waals surface area contributed by atoms with Gasteiger partial charge in [0.15, 0.2) is 0 Å². The first-order chi connectivity index (χ1) is 8.24. The molecule has 0 amide bonds. The van der Waals surface area contributed by atoms with Gasteiger partial charge in [0, 0.05) is 22.1 Å². The lowest BCUT2D eigenvalue weighted by Crippen LogP contribution is -2.27. The largest absolute Gasteiger partial charge is 0.310 e. The summed E-state index contributed by atoms with van der Waals surface area (Å²) < 4.78 is 1.06. The quantitative estimate of drug-likeness (QED) is 0.781. The van der Waals surface area contributed by atoms with Gasteiger partial charge in [0.25, 0.3) is 0 Å². The van der Waals surface area contributed by atoms with Gasteiger partial charge in [0.05, 0.1) is 0 Å². The molecule has 1 saturated carbocycles. The topological polar surface area (TPSA) is 12.0 Å². The fraction of sp³-hybridized carbons (Fsp3) is 0.571. The maximum absolute atomic E-state index is 6.04. The van der Waals surface area contributed by atoms with Crippen molar-refractivity contribution in [3.05, 3.63) is 33.3 Å². The minimum absolute atomic E-state index is 0.690. The van der Waals surface area contributed by atoms with Gasteiger partial charge in [-0.3, -0.25) is 0 Å². The molecule has 94 valence electrons. The third-order valence-electron chi connectivity index (χ3n) is 3.37. The van der Waals surface area contributed by atoms with Gasteiger partial charge in [-0.15, -0.1) is 0 Å². The van der Waals surface area contributed by atoms with Crippen LogP contribution < -0.4 is 5.32 Å². The molecule has 1 fully saturated rings. The fourth-order valence-corrected chi connectivity index (χ4v) is 3.39. The highest BCUT2D eigenvalue weighted by Gasteiger charge is 2.11. The van der Waals surface area contributed by atoms with E-state index in [1.54, 1.807) is 0 Å². The van der Waals surface area contributed by atoms with Crippen LogP contribution in [0.25, 0.3) is 0 Å². The Kier molecular flexibility index (Phi) is 5.33. The van der Waals surface area contributed by atoms with Gasteiger partial charge in [0.1, 0.15) is 0 Å². The predicted octanol–water partition coefficient (Wildman–Crippen LogP) is 4.91. The standard InChI is InChI=1S/C14H19BrClN/c15-12-7-11(8-13(16)9-12)10-17-14-5-3-1-2-4-6-14/h7-9,14,17H,1-6,10H2. The van der Waals surface area contributed by atoms with Crippen LogP contribution in [0, 0.1) is 0 Å². The van der Waals surface area contributed by atoms with E-state index in [4.69, 9.17) is 11.6 Å². The average molecular weight is 317 g/mol. The maximum atomic E-state index is 6.04. The van der Waals surface area contributed by atoms with E-state index in [9.17, 15) is 0 Å². The summed E-state index contributed by atoms with van der Waals surface area (Å²) in [4.78, 5) is 0. The molecule has 17 heavy (non-hydrogen) atoms. The Hall–Kier alpha value is -0.0500. The first-order valence-corrected chi connectivity index (χ1v) is 7.59. The van der Waals surface area contributed by atoms with Crippen molar-refractivity contribution in [3.63, 3.8) is 0 Å². The molecular formula is C14H19BrClN. The zero-order chi connectivity index (χ0) is 12.1. The third-order valence-corrected chi connectivity index (χ3v) is 4.05. The van der Waals surface area contributed by atoms with Crippen LogP contribution in [-0.2, 0) is 6.54 Å². The molecule has 0 atom stereocenters. The molecule has 1 aliphatic rings. The summed E-state index contributed by atoms with van der Waals surface area (Å²) in [5.41, 5.74) is 1.26. The number of hydrogen-bond acceptors (Lipinski definition) is 1. The predicted molar refractivity (Wildman–Crippen MR) is 77.5 cm³/mol. The normalized spacial score (nSPS) is 18.0. The van der Waals surface area contributed by atoms with Crippen molar-refractivity contribution in [1.29, 1.82) is 0 Å². The monoisotopic (exact) mass is 315 g/mol. The Morgan fingerprint density at radius 1 is 1.12 bits per heavy atom. The lowest BCUT2D eigenvalue weighted by atomic mass is 10.1. The molecule has 0 radical (unpaired) electrons. The number of rotatable bonds is 3. The second-order valence-electron chi connectivity index (χ2n) is 4.85. The van der Waals surface area contributed by atoms with Crippen molar-refractivity contribution in [2.24, 2.45) is 0 Å². The van der Waals surface area contributed by atoms with Crippen LogP contribution in [-0.4, -0.2) is 6.04 Å². The van der Waals surface area contributed by atoms with Crippen molar-refractivity contribution in [1.82, 2.24) is 5.32 Å². The fourth-order valence-electron chi connectivity index (χ4n) is 2.46. The molecule has 2 rings (SSSR count). The van der Waals surface area contributed by atoms with Crippen LogP contribution >= 0.6 is 27.5 Å². The van der Waals surface area contributed by atoms with E-state index in [1.807, 2.05) is 12.1 Å². The highest BCUT2D eigenvalue weighted by atomic mass is 79.9. The van der Waals surface area contributed by atoms with E-state index in [0.29, 0.717) is 6.04 Å². The third kappa shape index (κ3) is 4.61.